The van der Waals surface area contributed by atoms with Crippen molar-refractivity contribution >= 4 is 11.9 Å². The summed E-state index contributed by atoms with van der Waals surface area (Å²) in [5, 5.41) is 11.2. The fourth-order valence-electron chi connectivity index (χ4n) is 0.835. The van der Waals surface area contributed by atoms with E-state index in [1.54, 1.807) is 6.92 Å². The van der Waals surface area contributed by atoms with Gasteiger partial charge in [-0.15, -0.1) is 0 Å². The van der Waals surface area contributed by atoms with Crippen LogP contribution in [0.5, 0.6) is 0 Å². The first-order chi connectivity index (χ1) is 6.57. The molecule has 14 heavy (non-hydrogen) atoms. The summed E-state index contributed by atoms with van der Waals surface area (Å²) in [6, 6.07) is 0. The summed E-state index contributed by atoms with van der Waals surface area (Å²) in [5.74, 6) is -1.36. The lowest BCUT2D eigenvalue weighted by Gasteiger charge is -2.07. The second-order valence-electron chi connectivity index (χ2n) is 3.12. The number of hydrogen-bond donors (Lipinski definition) is 2. The summed E-state index contributed by atoms with van der Waals surface area (Å²) >= 11 is 0. The average molecular weight is 203 g/mol. The van der Waals surface area contributed by atoms with Crippen molar-refractivity contribution in [2.75, 3.05) is 20.3 Å². The molecule has 5 nitrogen and oxygen atoms in total. The molecule has 1 atom stereocenters. The molecule has 0 bridgehead atoms. The normalized spacial score (nSPS) is 12.1. The molecular formula is C9H17NO4. The van der Waals surface area contributed by atoms with Crippen LogP contribution >= 0.6 is 0 Å². The SMILES string of the molecule is COCCC(=O)NCCC(C)C(=O)O. The smallest absolute Gasteiger partial charge is 0.306 e. The Hall–Kier alpha value is -1.10. The molecule has 82 valence electrons. The minimum absolute atomic E-state index is 0.107. The van der Waals surface area contributed by atoms with Crippen LogP contribution in [0, 0.1) is 5.92 Å². The zero-order valence-corrected chi connectivity index (χ0v) is 8.58. The van der Waals surface area contributed by atoms with Gasteiger partial charge in [-0.2, -0.15) is 0 Å². The molecule has 0 aliphatic carbocycles. The van der Waals surface area contributed by atoms with E-state index >= 15 is 0 Å². The van der Waals surface area contributed by atoms with Gasteiger partial charge in [0, 0.05) is 20.1 Å². The largest absolute Gasteiger partial charge is 0.481 e. The summed E-state index contributed by atoms with van der Waals surface area (Å²) in [6.07, 6.45) is 0.770. The van der Waals surface area contributed by atoms with Crippen LogP contribution in [0.25, 0.3) is 0 Å². The van der Waals surface area contributed by atoms with E-state index in [2.05, 4.69) is 5.32 Å². The number of carbonyl (C=O) groups excluding carboxylic acids is 1. The zero-order chi connectivity index (χ0) is 11.0. The van der Waals surface area contributed by atoms with Crippen LogP contribution in [0.15, 0.2) is 0 Å². The van der Waals surface area contributed by atoms with E-state index in [9.17, 15) is 9.59 Å². The van der Waals surface area contributed by atoms with Crippen molar-refractivity contribution in [1.29, 1.82) is 0 Å². The first kappa shape index (κ1) is 12.9. The molecule has 0 heterocycles. The molecule has 1 unspecified atom stereocenters. The minimum atomic E-state index is -0.837. The Morgan fingerprint density at radius 1 is 1.50 bits per heavy atom. The topological polar surface area (TPSA) is 75.6 Å². The van der Waals surface area contributed by atoms with Crippen LogP contribution in [-0.4, -0.2) is 37.2 Å². The van der Waals surface area contributed by atoms with Gasteiger partial charge in [0.1, 0.15) is 0 Å². The van der Waals surface area contributed by atoms with Crippen LogP contribution in [0.3, 0.4) is 0 Å². The third-order valence-electron chi connectivity index (χ3n) is 1.85. The lowest BCUT2D eigenvalue weighted by Crippen LogP contribution is -2.27. The standard InChI is InChI=1S/C9H17NO4/c1-7(9(12)13)3-5-10-8(11)4-6-14-2/h7H,3-6H2,1-2H3,(H,10,11)(H,12,13). The Kier molecular flexibility index (Phi) is 6.74. The molecule has 0 rings (SSSR count). The van der Waals surface area contributed by atoms with E-state index in [0.29, 0.717) is 26.0 Å². The molecule has 2 N–H and O–H groups in total. The monoisotopic (exact) mass is 203 g/mol. The van der Waals surface area contributed by atoms with Crippen molar-refractivity contribution in [3.05, 3.63) is 0 Å². The van der Waals surface area contributed by atoms with Gasteiger partial charge >= 0.3 is 5.97 Å². The van der Waals surface area contributed by atoms with Crippen molar-refractivity contribution in [2.24, 2.45) is 5.92 Å². The van der Waals surface area contributed by atoms with Crippen LogP contribution in [-0.2, 0) is 14.3 Å². The number of amides is 1. The molecule has 0 aliphatic rings. The molecule has 0 aromatic carbocycles. The van der Waals surface area contributed by atoms with Gasteiger partial charge < -0.3 is 15.2 Å². The van der Waals surface area contributed by atoms with Gasteiger partial charge in [0.25, 0.3) is 0 Å². The lowest BCUT2D eigenvalue weighted by atomic mass is 10.1. The van der Waals surface area contributed by atoms with Crippen molar-refractivity contribution in [2.45, 2.75) is 19.8 Å². The fraction of sp³-hybridized carbons (Fsp3) is 0.778. The maximum Gasteiger partial charge on any atom is 0.306 e. The number of hydrogen-bond acceptors (Lipinski definition) is 3. The number of rotatable bonds is 7. The molecule has 1 amide bonds. The Bertz CT molecular complexity index is 193. The summed E-state index contributed by atoms with van der Waals surface area (Å²) < 4.78 is 4.72. The number of aliphatic carboxylic acids is 1. The predicted octanol–water partition coefficient (Wildman–Crippen LogP) is 0.250. The van der Waals surface area contributed by atoms with E-state index in [0.717, 1.165) is 0 Å². The zero-order valence-electron chi connectivity index (χ0n) is 8.58. The number of carboxylic acids is 1. The summed E-state index contributed by atoms with van der Waals surface area (Å²) in [5.41, 5.74) is 0. The summed E-state index contributed by atoms with van der Waals surface area (Å²) in [6.45, 7) is 2.40. The van der Waals surface area contributed by atoms with Gasteiger partial charge in [0.05, 0.1) is 12.5 Å². The van der Waals surface area contributed by atoms with Gasteiger partial charge in [-0.3, -0.25) is 9.59 Å². The fourth-order valence-corrected chi connectivity index (χ4v) is 0.835. The first-order valence-corrected chi connectivity index (χ1v) is 4.56. The second-order valence-corrected chi connectivity index (χ2v) is 3.12. The maximum atomic E-state index is 11.0. The molecule has 0 fully saturated rings. The first-order valence-electron chi connectivity index (χ1n) is 4.56. The van der Waals surface area contributed by atoms with Gasteiger partial charge in [0.15, 0.2) is 0 Å². The Morgan fingerprint density at radius 2 is 2.14 bits per heavy atom. The number of ether oxygens (including phenoxy) is 1. The second kappa shape index (κ2) is 7.32. The third-order valence-corrected chi connectivity index (χ3v) is 1.85. The highest BCUT2D eigenvalue weighted by atomic mass is 16.5. The Balaban J connectivity index is 3.44. The van der Waals surface area contributed by atoms with E-state index in [1.807, 2.05) is 0 Å². The third kappa shape index (κ3) is 6.42. The van der Waals surface area contributed by atoms with E-state index in [4.69, 9.17) is 9.84 Å². The van der Waals surface area contributed by atoms with Crippen molar-refractivity contribution in [3.8, 4) is 0 Å². The lowest BCUT2D eigenvalue weighted by molar-refractivity contribution is -0.141. The molecule has 0 aromatic heterocycles. The van der Waals surface area contributed by atoms with Crippen LogP contribution < -0.4 is 5.32 Å². The number of carbonyl (C=O) groups is 2. The number of carboxylic acid groups (broad SMARTS) is 1. The van der Waals surface area contributed by atoms with Crippen molar-refractivity contribution < 1.29 is 19.4 Å². The molecule has 0 aliphatic heterocycles. The maximum absolute atomic E-state index is 11.0. The van der Waals surface area contributed by atoms with E-state index in [1.165, 1.54) is 7.11 Å². The van der Waals surface area contributed by atoms with Gasteiger partial charge in [-0.05, 0) is 6.42 Å². The highest BCUT2D eigenvalue weighted by molar-refractivity contribution is 5.76. The Morgan fingerprint density at radius 3 is 2.64 bits per heavy atom. The van der Waals surface area contributed by atoms with Crippen molar-refractivity contribution in [1.82, 2.24) is 5.32 Å². The van der Waals surface area contributed by atoms with Crippen LogP contribution in [0.2, 0.25) is 0 Å². The molecule has 5 heteroatoms. The highest BCUT2D eigenvalue weighted by Gasteiger charge is 2.10. The molecule has 0 radical (unpaired) electrons. The molecule has 0 aromatic rings. The molecule has 0 saturated carbocycles. The predicted molar refractivity (Wildman–Crippen MR) is 50.9 cm³/mol. The quantitative estimate of drug-likeness (QED) is 0.622. The van der Waals surface area contributed by atoms with Gasteiger partial charge in [0.2, 0.25) is 5.91 Å². The molecular weight excluding hydrogens is 186 g/mol. The number of methoxy groups -OCH3 is 1. The molecule has 0 spiro atoms. The molecule has 0 saturated heterocycles. The Labute approximate surface area is 83.4 Å². The summed E-state index contributed by atoms with van der Waals surface area (Å²) in [7, 11) is 1.53. The van der Waals surface area contributed by atoms with E-state index in [-0.39, 0.29) is 5.91 Å². The van der Waals surface area contributed by atoms with Gasteiger partial charge in [-0.1, -0.05) is 6.92 Å². The van der Waals surface area contributed by atoms with Crippen LogP contribution in [0.1, 0.15) is 19.8 Å². The van der Waals surface area contributed by atoms with Crippen LogP contribution in [0.4, 0.5) is 0 Å². The average Bonchev–Trinajstić information content (AvgIpc) is 2.14. The minimum Gasteiger partial charge on any atom is -0.481 e. The van der Waals surface area contributed by atoms with Crippen molar-refractivity contribution in [3.63, 3.8) is 0 Å². The number of nitrogens with one attached hydrogen (secondary N) is 1. The van der Waals surface area contributed by atoms with E-state index < -0.39 is 11.9 Å². The van der Waals surface area contributed by atoms with Gasteiger partial charge in [-0.25, -0.2) is 0 Å². The highest BCUT2D eigenvalue weighted by Crippen LogP contribution is 1.99. The summed E-state index contributed by atoms with van der Waals surface area (Å²) in [4.78, 5) is 21.4.